The van der Waals surface area contributed by atoms with Gasteiger partial charge in [0.2, 0.25) is 5.91 Å². The van der Waals surface area contributed by atoms with Gasteiger partial charge in [-0.3, -0.25) is 9.59 Å². The van der Waals surface area contributed by atoms with E-state index in [0.29, 0.717) is 6.42 Å². The maximum absolute atomic E-state index is 12.4. The second kappa shape index (κ2) is 9.76. The Morgan fingerprint density at radius 3 is 2.23 bits per heavy atom. The third-order valence-corrected chi connectivity index (χ3v) is 3.28. The molecule has 0 aliphatic rings. The zero-order valence-electron chi connectivity index (χ0n) is 15.2. The van der Waals surface area contributed by atoms with E-state index in [1.165, 1.54) is 0 Å². The van der Waals surface area contributed by atoms with E-state index in [1.54, 1.807) is 20.8 Å². The smallest absolute Gasteiger partial charge is 0.408 e. The summed E-state index contributed by atoms with van der Waals surface area (Å²) in [4.78, 5) is 35.2. The van der Waals surface area contributed by atoms with Crippen LogP contribution in [0.15, 0.2) is 30.3 Å². The van der Waals surface area contributed by atoms with Crippen LogP contribution in [0.4, 0.5) is 4.79 Å². The molecule has 0 aliphatic heterocycles. The molecule has 8 heteroatoms. The Labute approximate surface area is 152 Å². The number of benzene rings is 1. The van der Waals surface area contributed by atoms with E-state index < -0.39 is 42.1 Å². The van der Waals surface area contributed by atoms with E-state index in [0.717, 1.165) is 5.56 Å². The van der Waals surface area contributed by atoms with Crippen LogP contribution in [0.2, 0.25) is 0 Å². The molecule has 2 amide bonds. The monoisotopic (exact) mass is 366 g/mol. The van der Waals surface area contributed by atoms with Crippen molar-refractivity contribution < 1.29 is 29.3 Å². The van der Waals surface area contributed by atoms with Gasteiger partial charge in [-0.2, -0.15) is 0 Å². The lowest BCUT2D eigenvalue weighted by atomic mass is 10.1. The van der Waals surface area contributed by atoms with Gasteiger partial charge in [0.05, 0.1) is 19.1 Å². The Balaban J connectivity index is 2.74. The van der Waals surface area contributed by atoms with Crippen LogP contribution < -0.4 is 10.6 Å². The lowest BCUT2D eigenvalue weighted by molar-refractivity contribution is -0.140. The van der Waals surface area contributed by atoms with Crippen LogP contribution in [0.1, 0.15) is 32.8 Å². The van der Waals surface area contributed by atoms with Crippen molar-refractivity contribution in [3.63, 3.8) is 0 Å². The van der Waals surface area contributed by atoms with E-state index in [2.05, 4.69) is 10.6 Å². The van der Waals surface area contributed by atoms with Gasteiger partial charge >= 0.3 is 12.1 Å². The predicted molar refractivity (Wildman–Crippen MR) is 94.6 cm³/mol. The number of hydrogen-bond donors (Lipinski definition) is 4. The quantitative estimate of drug-likeness (QED) is 0.545. The van der Waals surface area contributed by atoms with Gasteiger partial charge in [0, 0.05) is 0 Å². The minimum absolute atomic E-state index is 0.327. The molecule has 0 fully saturated rings. The first-order chi connectivity index (χ1) is 12.1. The summed E-state index contributed by atoms with van der Waals surface area (Å²) in [5.41, 5.74) is 0.122. The Morgan fingerprint density at radius 2 is 1.73 bits per heavy atom. The number of ether oxygens (including phenoxy) is 1. The summed E-state index contributed by atoms with van der Waals surface area (Å²) >= 11 is 0. The molecule has 0 aliphatic carbocycles. The molecule has 0 saturated heterocycles. The van der Waals surface area contributed by atoms with Gasteiger partial charge in [-0.15, -0.1) is 0 Å². The van der Waals surface area contributed by atoms with Crippen molar-refractivity contribution in [3.8, 4) is 0 Å². The lowest BCUT2D eigenvalue weighted by Gasteiger charge is -2.24. The molecule has 0 heterocycles. The number of nitrogens with one attached hydrogen (secondary N) is 2. The van der Waals surface area contributed by atoms with Gasteiger partial charge in [0.1, 0.15) is 11.6 Å². The molecule has 0 bridgehead atoms. The third-order valence-electron chi connectivity index (χ3n) is 3.28. The lowest BCUT2D eigenvalue weighted by Crippen LogP contribution is -2.52. The van der Waals surface area contributed by atoms with Crippen molar-refractivity contribution in [1.29, 1.82) is 0 Å². The number of aliphatic hydroxyl groups is 1. The number of carboxylic acids is 1. The largest absolute Gasteiger partial charge is 0.481 e. The van der Waals surface area contributed by atoms with Crippen LogP contribution in [-0.2, 0) is 20.7 Å². The molecule has 8 nitrogen and oxygen atoms in total. The number of carbonyl (C=O) groups is 3. The zero-order valence-corrected chi connectivity index (χ0v) is 15.2. The first-order valence-corrected chi connectivity index (χ1v) is 8.27. The second-order valence-corrected chi connectivity index (χ2v) is 6.87. The minimum atomic E-state index is -1.31. The average molecular weight is 366 g/mol. The summed E-state index contributed by atoms with van der Waals surface area (Å²) in [7, 11) is 0. The highest BCUT2D eigenvalue weighted by atomic mass is 16.6. The van der Waals surface area contributed by atoms with Crippen LogP contribution in [0.5, 0.6) is 0 Å². The van der Waals surface area contributed by atoms with Crippen molar-refractivity contribution in [2.75, 3.05) is 6.61 Å². The van der Waals surface area contributed by atoms with E-state index in [-0.39, 0.29) is 6.61 Å². The molecule has 4 N–H and O–H groups in total. The number of carbonyl (C=O) groups excluding carboxylic acids is 2. The molecule has 1 aromatic carbocycles. The summed E-state index contributed by atoms with van der Waals surface area (Å²) < 4.78 is 5.05. The summed E-state index contributed by atoms with van der Waals surface area (Å²) in [6.45, 7) is 4.63. The standard InChI is InChI=1S/C18H26N2O6/c1-18(2,3)26-17(25)20-14(10-15(22)23)16(24)19-13(11-21)9-12-7-5-4-6-8-12/h4-8,13-14,21H,9-11H2,1-3H3,(H,19,24)(H,20,25)(H,22,23)/t13-,14+/m0/s1. The molecule has 1 rings (SSSR count). The van der Waals surface area contributed by atoms with Crippen molar-refractivity contribution in [1.82, 2.24) is 10.6 Å². The second-order valence-electron chi connectivity index (χ2n) is 6.87. The SMILES string of the molecule is CC(C)(C)OC(=O)N[C@H](CC(=O)O)C(=O)N[C@H](CO)Cc1ccccc1. The number of rotatable bonds is 8. The Hall–Kier alpha value is -2.61. The van der Waals surface area contributed by atoms with Gasteiger partial charge < -0.3 is 25.6 Å². The van der Waals surface area contributed by atoms with Crippen molar-refractivity contribution >= 4 is 18.0 Å². The molecule has 0 radical (unpaired) electrons. The molecule has 26 heavy (non-hydrogen) atoms. The van der Waals surface area contributed by atoms with E-state index in [9.17, 15) is 19.5 Å². The van der Waals surface area contributed by atoms with Gasteiger partial charge in [-0.05, 0) is 32.8 Å². The highest BCUT2D eigenvalue weighted by Gasteiger charge is 2.27. The number of carboxylic acid groups (broad SMARTS) is 1. The first-order valence-electron chi connectivity index (χ1n) is 8.27. The van der Waals surface area contributed by atoms with Crippen molar-refractivity contribution in [3.05, 3.63) is 35.9 Å². The van der Waals surface area contributed by atoms with E-state index >= 15 is 0 Å². The van der Waals surface area contributed by atoms with E-state index in [4.69, 9.17) is 9.84 Å². The topological polar surface area (TPSA) is 125 Å². The zero-order chi connectivity index (χ0) is 19.7. The highest BCUT2D eigenvalue weighted by molar-refractivity contribution is 5.89. The molecule has 2 atom stereocenters. The van der Waals surface area contributed by atoms with E-state index in [1.807, 2.05) is 30.3 Å². The predicted octanol–water partition coefficient (Wildman–Crippen LogP) is 1.07. The number of aliphatic hydroxyl groups excluding tert-OH is 1. The Bertz CT molecular complexity index is 612. The van der Waals surface area contributed by atoms with Gasteiger partial charge in [-0.1, -0.05) is 30.3 Å². The third kappa shape index (κ3) is 8.48. The van der Waals surface area contributed by atoms with Crippen LogP contribution in [-0.4, -0.2) is 52.5 Å². The summed E-state index contributed by atoms with van der Waals surface area (Å²) in [5, 5.41) is 23.3. The fraction of sp³-hybridized carbons (Fsp3) is 0.500. The van der Waals surface area contributed by atoms with Crippen LogP contribution in [0, 0.1) is 0 Å². The number of alkyl carbamates (subject to hydrolysis) is 1. The summed E-state index contributed by atoms with van der Waals surface area (Å²) in [5.74, 6) is -1.95. The van der Waals surface area contributed by atoms with Crippen LogP contribution in [0.3, 0.4) is 0 Å². The molecule has 0 aromatic heterocycles. The van der Waals surface area contributed by atoms with Crippen LogP contribution >= 0.6 is 0 Å². The fourth-order valence-electron chi connectivity index (χ4n) is 2.20. The van der Waals surface area contributed by atoms with Crippen molar-refractivity contribution in [2.45, 2.75) is 51.3 Å². The van der Waals surface area contributed by atoms with Gasteiger partial charge in [-0.25, -0.2) is 4.79 Å². The number of amides is 2. The molecule has 1 aromatic rings. The maximum Gasteiger partial charge on any atom is 0.408 e. The maximum atomic E-state index is 12.4. The minimum Gasteiger partial charge on any atom is -0.481 e. The summed E-state index contributed by atoms with van der Waals surface area (Å²) in [6.07, 6.45) is -1.12. The van der Waals surface area contributed by atoms with Crippen LogP contribution in [0.25, 0.3) is 0 Å². The normalized spacial score (nSPS) is 13.4. The Morgan fingerprint density at radius 1 is 1.12 bits per heavy atom. The highest BCUT2D eigenvalue weighted by Crippen LogP contribution is 2.08. The van der Waals surface area contributed by atoms with Gasteiger partial charge in [0.25, 0.3) is 0 Å². The van der Waals surface area contributed by atoms with Crippen molar-refractivity contribution in [2.24, 2.45) is 0 Å². The average Bonchev–Trinajstić information content (AvgIpc) is 2.52. The molecule has 0 spiro atoms. The number of aliphatic carboxylic acids is 1. The summed E-state index contributed by atoms with van der Waals surface area (Å²) in [6, 6.07) is 7.30. The molecule has 0 unspecified atom stereocenters. The molecular weight excluding hydrogens is 340 g/mol. The Kier molecular flexibility index (Phi) is 8.05. The fourth-order valence-corrected chi connectivity index (χ4v) is 2.20. The van der Waals surface area contributed by atoms with Gasteiger partial charge in [0.15, 0.2) is 0 Å². The first kappa shape index (κ1) is 21.4. The number of hydrogen-bond acceptors (Lipinski definition) is 5. The molecule has 144 valence electrons. The molecule has 0 saturated carbocycles. The molecular formula is C18H26N2O6.